The van der Waals surface area contributed by atoms with Crippen molar-refractivity contribution in [1.82, 2.24) is 10.6 Å². The number of carbonyl (C=O) groups excluding carboxylic acids is 2. The third kappa shape index (κ3) is 12.8. The van der Waals surface area contributed by atoms with Gasteiger partial charge in [0.25, 0.3) is 0 Å². The van der Waals surface area contributed by atoms with Gasteiger partial charge in [-0.2, -0.15) is 0 Å². The van der Waals surface area contributed by atoms with Crippen LogP contribution in [0.15, 0.2) is 0 Å². The van der Waals surface area contributed by atoms with Crippen LogP contribution in [0.5, 0.6) is 0 Å². The minimum Gasteiger partial charge on any atom is -0.479 e. The zero-order chi connectivity index (χ0) is 38.5. The number of nitrogens with two attached hydrogens (primary N) is 1. The van der Waals surface area contributed by atoms with Crippen LogP contribution in [0, 0.1) is 17.8 Å². The number of aliphatic hydroxyl groups excluding tert-OH is 5. The van der Waals surface area contributed by atoms with Crippen molar-refractivity contribution >= 4 is 17.8 Å². The lowest BCUT2D eigenvalue weighted by atomic mass is 9.85. The van der Waals surface area contributed by atoms with Gasteiger partial charge in [0.15, 0.2) is 18.7 Å². The van der Waals surface area contributed by atoms with E-state index in [1.54, 1.807) is 13.8 Å². The Bertz CT molecular complexity index is 1100. The highest BCUT2D eigenvalue weighted by molar-refractivity contribution is 5.78. The normalized spacial score (nSPS) is 33.8. The number of rotatable bonds is 20. The van der Waals surface area contributed by atoms with E-state index in [0.717, 1.165) is 32.1 Å². The number of ether oxygens (including phenoxy) is 5. The fourth-order valence-corrected chi connectivity index (χ4v) is 7.34. The molecule has 3 aliphatic rings. The molecule has 302 valence electrons. The Hall–Kier alpha value is -2.03. The van der Waals surface area contributed by atoms with Crippen molar-refractivity contribution in [3.63, 3.8) is 0 Å². The molecule has 0 aromatic rings. The van der Waals surface area contributed by atoms with E-state index >= 15 is 0 Å². The lowest BCUT2D eigenvalue weighted by Crippen LogP contribution is -2.66. The lowest BCUT2D eigenvalue weighted by Gasteiger charge is -2.45. The second-order valence-electron chi connectivity index (χ2n) is 14.6. The Morgan fingerprint density at radius 1 is 0.942 bits per heavy atom. The van der Waals surface area contributed by atoms with E-state index in [0.29, 0.717) is 12.8 Å². The molecule has 2 amide bonds. The predicted molar refractivity (Wildman–Crippen MR) is 184 cm³/mol. The number of hydrogen-bond donors (Lipinski definition) is 9. The van der Waals surface area contributed by atoms with Gasteiger partial charge in [-0.25, -0.2) is 4.79 Å². The zero-order valence-electron chi connectivity index (χ0n) is 30.9. The third-order valence-electron chi connectivity index (χ3n) is 10.4. The maximum atomic E-state index is 13.4. The molecule has 2 saturated heterocycles. The molecule has 2 aliphatic heterocycles. The molecule has 17 heteroatoms. The first kappa shape index (κ1) is 44.4. The Kier molecular flexibility index (Phi) is 18.6. The van der Waals surface area contributed by atoms with Crippen LogP contribution in [-0.4, -0.2) is 148 Å². The number of aliphatic hydroxyl groups is 5. The summed E-state index contributed by atoms with van der Waals surface area (Å²) in [5.74, 6) is -2.72. The molecule has 3 fully saturated rings. The number of carbonyl (C=O) groups is 3. The molecule has 17 nitrogen and oxygen atoms in total. The van der Waals surface area contributed by atoms with Gasteiger partial charge in [-0.05, 0) is 44.9 Å². The number of aliphatic carboxylic acids is 1. The highest BCUT2D eigenvalue weighted by atomic mass is 16.7. The number of carboxylic acids is 1. The Morgan fingerprint density at radius 3 is 2.23 bits per heavy atom. The van der Waals surface area contributed by atoms with E-state index in [9.17, 15) is 45.0 Å². The van der Waals surface area contributed by atoms with Gasteiger partial charge in [-0.3, -0.25) is 9.59 Å². The predicted octanol–water partition coefficient (Wildman–Crippen LogP) is -0.875. The molecule has 0 bridgehead atoms. The average Bonchev–Trinajstić information content (AvgIpc) is 3.11. The van der Waals surface area contributed by atoms with Gasteiger partial charge in [-0.1, -0.05) is 45.4 Å². The van der Waals surface area contributed by atoms with Crippen molar-refractivity contribution in [2.24, 2.45) is 23.5 Å². The maximum Gasteiger partial charge on any atom is 0.332 e. The molecule has 3 rings (SSSR count). The van der Waals surface area contributed by atoms with Crippen LogP contribution in [0.2, 0.25) is 0 Å². The summed E-state index contributed by atoms with van der Waals surface area (Å²) < 4.78 is 29.7. The number of amides is 2. The van der Waals surface area contributed by atoms with Gasteiger partial charge in [0, 0.05) is 25.9 Å². The molecule has 0 radical (unpaired) electrons. The monoisotopic (exact) mass is 749 g/mol. The summed E-state index contributed by atoms with van der Waals surface area (Å²) in [6.07, 6.45) is -7.36. The Labute approximate surface area is 305 Å². The maximum absolute atomic E-state index is 13.4. The van der Waals surface area contributed by atoms with Gasteiger partial charge in [0.2, 0.25) is 11.8 Å². The van der Waals surface area contributed by atoms with Crippen LogP contribution in [0.3, 0.4) is 0 Å². The van der Waals surface area contributed by atoms with Crippen LogP contribution in [-0.2, 0) is 38.1 Å². The van der Waals surface area contributed by atoms with Crippen LogP contribution < -0.4 is 16.4 Å². The van der Waals surface area contributed by atoms with Crippen LogP contribution >= 0.6 is 0 Å². The molecule has 0 aromatic heterocycles. The highest BCUT2D eigenvalue weighted by Crippen LogP contribution is 2.33. The third-order valence-corrected chi connectivity index (χ3v) is 10.4. The van der Waals surface area contributed by atoms with Crippen molar-refractivity contribution in [3.05, 3.63) is 0 Å². The largest absolute Gasteiger partial charge is 0.479 e. The summed E-state index contributed by atoms with van der Waals surface area (Å²) in [5.41, 5.74) is 5.64. The number of carboxylic acid groups (broad SMARTS) is 1. The van der Waals surface area contributed by atoms with E-state index in [1.807, 2.05) is 6.92 Å². The number of nitrogens with one attached hydrogen (secondary N) is 2. The van der Waals surface area contributed by atoms with Gasteiger partial charge >= 0.3 is 5.97 Å². The van der Waals surface area contributed by atoms with E-state index in [1.165, 1.54) is 6.92 Å². The van der Waals surface area contributed by atoms with E-state index in [2.05, 4.69) is 10.6 Å². The summed E-state index contributed by atoms with van der Waals surface area (Å²) in [5, 5.41) is 67.5. The van der Waals surface area contributed by atoms with Crippen molar-refractivity contribution in [3.8, 4) is 0 Å². The second-order valence-corrected chi connectivity index (χ2v) is 14.6. The topological polar surface area (TPSA) is 269 Å². The highest BCUT2D eigenvalue weighted by Gasteiger charge is 2.49. The van der Waals surface area contributed by atoms with Crippen molar-refractivity contribution < 1.29 is 68.7 Å². The number of hydrogen-bond acceptors (Lipinski definition) is 14. The van der Waals surface area contributed by atoms with E-state index in [4.69, 9.17) is 29.4 Å². The first-order chi connectivity index (χ1) is 24.7. The molecule has 0 spiro atoms. The molecule has 1 saturated carbocycles. The van der Waals surface area contributed by atoms with E-state index in [-0.39, 0.29) is 50.3 Å². The van der Waals surface area contributed by atoms with Crippen LogP contribution in [0.25, 0.3) is 0 Å². The summed E-state index contributed by atoms with van der Waals surface area (Å²) in [4.78, 5) is 38.2. The van der Waals surface area contributed by atoms with Crippen molar-refractivity contribution in [2.75, 3.05) is 26.3 Å². The summed E-state index contributed by atoms with van der Waals surface area (Å²) in [6, 6.07) is -1.16. The standard InChI is InChI=1S/C35H63N3O14/c1-5-21(17-48-35-30(44)29(43)27(41)19(3)50-35)14-23(32(45)37-12-11-36)13-18(2)49-34-26(38-20(4)40)31(28(42)25(16-39)52-34)51-24(33(46)47)15-22-9-7-6-8-10-22/h18-19,21-31,34-35,39,41-44H,5-17,36H2,1-4H3,(H,37,45)(H,38,40)(H,46,47)/t18-,19-,21+,23?,24-,25?,26?,27?,28?,29-,30-,31?,34+,35?/m0/s1. The molecule has 7 unspecified atom stereocenters. The fourth-order valence-electron chi connectivity index (χ4n) is 7.34. The van der Waals surface area contributed by atoms with Gasteiger partial charge < -0.3 is 70.7 Å². The summed E-state index contributed by atoms with van der Waals surface area (Å²) in [7, 11) is 0. The van der Waals surface area contributed by atoms with Gasteiger partial charge in [0.1, 0.15) is 42.7 Å². The second kappa shape index (κ2) is 21.8. The van der Waals surface area contributed by atoms with Crippen molar-refractivity contribution in [2.45, 2.75) is 159 Å². The minimum atomic E-state index is -1.50. The minimum absolute atomic E-state index is 0.0701. The molecule has 1 aliphatic carbocycles. The zero-order valence-corrected chi connectivity index (χ0v) is 30.9. The van der Waals surface area contributed by atoms with Crippen LogP contribution in [0.1, 0.15) is 85.5 Å². The van der Waals surface area contributed by atoms with Gasteiger partial charge in [0.05, 0.1) is 25.4 Å². The first-order valence-corrected chi connectivity index (χ1v) is 18.7. The molecular formula is C35H63N3O14. The Morgan fingerprint density at radius 2 is 1.63 bits per heavy atom. The average molecular weight is 750 g/mol. The molecule has 10 N–H and O–H groups in total. The summed E-state index contributed by atoms with van der Waals surface area (Å²) in [6.45, 7) is 6.30. The molecule has 2 heterocycles. The fraction of sp³-hybridized carbons (Fsp3) is 0.914. The quantitative estimate of drug-likeness (QED) is 0.0732. The van der Waals surface area contributed by atoms with E-state index < -0.39 is 98.0 Å². The molecule has 14 atom stereocenters. The summed E-state index contributed by atoms with van der Waals surface area (Å²) >= 11 is 0. The first-order valence-electron chi connectivity index (χ1n) is 18.7. The van der Waals surface area contributed by atoms with Gasteiger partial charge in [-0.15, -0.1) is 0 Å². The molecule has 52 heavy (non-hydrogen) atoms. The van der Waals surface area contributed by atoms with Crippen molar-refractivity contribution in [1.29, 1.82) is 0 Å². The Balaban J connectivity index is 1.76. The SMILES string of the molecule is CC[C@@H](COC1O[C@@H](C)C(O)[C@H](O)[C@@H]1O)CC(C[C@H](C)O[C@@H]1OC(CO)C(O)C(O[C@@H](CC2CCCCC2)C(=O)O)C1NC(C)=O)C(=O)NCCN. The molecule has 0 aromatic carbocycles. The lowest BCUT2D eigenvalue weighted by molar-refractivity contribution is -0.296. The smallest absolute Gasteiger partial charge is 0.332 e. The van der Waals surface area contributed by atoms with Crippen LogP contribution in [0.4, 0.5) is 0 Å². The molecular weight excluding hydrogens is 686 g/mol.